The Morgan fingerprint density at radius 2 is 1.65 bits per heavy atom. The molecule has 1 heterocycles. The summed E-state index contributed by atoms with van der Waals surface area (Å²) in [6.45, 7) is 3.80. The van der Waals surface area contributed by atoms with Gasteiger partial charge in [-0.05, 0) is 44.0 Å². The van der Waals surface area contributed by atoms with Gasteiger partial charge >= 0.3 is 0 Å². The fraction of sp³-hybridized carbons (Fsp3) is 0.333. The van der Waals surface area contributed by atoms with E-state index in [1.54, 1.807) is 0 Å². The van der Waals surface area contributed by atoms with Gasteiger partial charge in [0.1, 0.15) is 0 Å². The molecule has 0 atom stereocenters. The van der Waals surface area contributed by atoms with Crippen LogP contribution >= 0.6 is 0 Å². The van der Waals surface area contributed by atoms with Crippen LogP contribution in [0.1, 0.15) is 30.1 Å². The van der Waals surface area contributed by atoms with Gasteiger partial charge in [0, 0.05) is 31.2 Å². The Morgan fingerprint density at radius 3 is 2.35 bits per heavy atom. The van der Waals surface area contributed by atoms with E-state index in [9.17, 15) is 9.59 Å². The largest absolute Gasteiger partial charge is 0.356 e. The van der Waals surface area contributed by atoms with Crippen molar-refractivity contribution in [2.24, 2.45) is 5.92 Å². The lowest BCUT2D eigenvalue weighted by Gasteiger charge is -2.31. The lowest BCUT2D eigenvalue weighted by Crippen LogP contribution is -2.43. The molecule has 2 aromatic carbocycles. The summed E-state index contributed by atoms with van der Waals surface area (Å²) in [4.78, 5) is 26.8. The lowest BCUT2D eigenvalue weighted by molar-refractivity contribution is -0.126. The molecule has 136 valence electrons. The number of carbonyl (C=O) groups excluding carboxylic acids is 2. The summed E-state index contributed by atoms with van der Waals surface area (Å²) in [5.74, 6) is 0.126. The van der Waals surface area contributed by atoms with E-state index >= 15 is 0 Å². The standard InChI is InChI=1S/C21H25N3O2/c1-2-22-20(25)16-12-14-24(15-13-16)21(26)18-10-6-7-11-19(18)23-17-8-4-3-5-9-17/h3-11,16,23H,2,12-15H2,1H3,(H,22,25). The van der Waals surface area contributed by atoms with Gasteiger partial charge in [-0.2, -0.15) is 0 Å². The third kappa shape index (κ3) is 4.23. The number of rotatable bonds is 5. The summed E-state index contributed by atoms with van der Waals surface area (Å²) in [5.41, 5.74) is 2.41. The van der Waals surface area contributed by atoms with Gasteiger partial charge in [0.25, 0.3) is 5.91 Å². The van der Waals surface area contributed by atoms with Gasteiger partial charge in [0.2, 0.25) is 5.91 Å². The van der Waals surface area contributed by atoms with Crippen LogP contribution in [0.25, 0.3) is 0 Å². The van der Waals surface area contributed by atoms with Crippen molar-refractivity contribution >= 4 is 23.2 Å². The molecule has 2 N–H and O–H groups in total. The van der Waals surface area contributed by atoms with Crippen LogP contribution in [0.4, 0.5) is 11.4 Å². The molecule has 5 nitrogen and oxygen atoms in total. The zero-order valence-corrected chi connectivity index (χ0v) is 15.1. The Hall–Kier alpha value is -2.82. The number of likely N-dealkylation sites (tertiary alicyclic amines) is 1. The molecule has 1 saturated heterocycles. The van der Waals surface area contributed by atoms with E-state index in [1.165, 1.54) is 0 Å². The number of anilines is 2. The van der Waals surface area contributed by atoms with Gasteiger partial charge < -0.3 is 15.5 Å². The normalized spacial score (nSPS) is 14.7. The molecule has 3 rings (SSSR count). The maximum atomic E-state index is 13.0. The second-order valence-electron chi connectivity index (χ2n) is 6.50. The first-order valence-corrected chi connectivity index (χ1v) is 9.17. The van der Waals surface area contributed by atoms with Crippen molar-refractivity contribution in [2.45, 2.75) is 19.8 Å². The van der Waals surface area contributed by atoms with Crippen LogP contribution in [0.2, 0.25) is 0 Å². The van der Waals surface area contributed by atoms with Crippen molar-refractivity contribution in [1.82, 2.24) is 10.2 Å². The van der Waals surface area contributed by atoms with E-state index < -0.39 is 0 Å². The van der Waals surface area contributed by atoms with Gasteiger partial charge in [-0.15, -0.1) is 0 Å². The van der Waals surface area contributed by atoms with Gasteiger partial charge in [-0.3, -0.25) is 9.59 Å². The van der Waals surface area contributed by atoms with Crippen molar-refractivity contribution < 1.29 is 9.59 Å². The van der Waals surface area contributed by atoms with Gasteiger partial charge in [0.05, 0.1) is 11.3 Å². The summed E-state index contributed by atoms with van der Waals surface area (Å²) in [6.07, 6.45) is 1.43. The minimum absolute atomic E-state index is 0.0108. The Bertz CT molecular complexity index is 753. The topological polar surface area (TPSA) is 61.4 Å². The SMILES string of the molecule is CCNC(=O)C1CCN(C(=O)c2ccccc2Nc2ccccc2)CC1. The number of nitrogens with zero attached hydrogens (tertiary/aromatic N) is 1. The highest BCUT2D eigenvalue weighted by Crippen LogP contribution is 2.25. The highest BCUT2D eigenvalue weighted by atomic mass is 16.2. The molecule has 0 unspecified atom stereocenters. The monoisotopic (exact) mass is 351 g/mol. The van der Waals surface area contributed by atoms with Crippen LogP contribution in [-0.4, -0.2) is 36.3 Å². The van der Waals surface area contributed by atoms with Gasteiger partial charge in [0.15, 0.2) is 0 Å². The Kier molecular flexibility index (Phi) is 5.89. The molecule has 0 aromatic heterocycles. The van der Waals surface area contributed by atoms with E-state index in [4.69, 9.17) is 0 Å². The van der Waals surface area contributed by atoms with E-state index in [0.717, 1.165) is 11.4 Å². The molecule has 1 aliphatic heterocycles. The van der Waals surface area contributed by atoms with Gasteiger partial charge in [-0.25, -0.2) is 0 Å². The molecule has 1 fully saturated rings. The summed E-state index contributed by atoms with van der Waals surface area (Å²) in [5, 5.41) is 6.20. The molecule has 0 aliphatic carbocycles. The molecule has 0 radical (unpaired) electrons. The first kappa shape index (κ1) is 18.0. The fourth-order valence-electron chi connectivity index (χ4n) is 3.29. The fourth-order valence-corrected chi connectivity index (χ4v) is 3.29. The van der Waals surface area contributed by atoms with Gasteiger partial charge in [-0.1, -0.05) is 30.3 Å². The Morgan fingerprint density at radius 1 is 1.00 bits per heavy atom. The summed E-state index contributed by atoms with van der Waals surface area (Å²) in [7, 11) is 0. The molecule has 26 heavy (non-hydrogen) atoms. The summed E-state index contributed by atoms with van der Waals surface area (Å²) >= 11 is 0. The number of carbonyl (C=O) groups is 2. The Balaban J connectivity index is 1.68. The second kappa shape index (κ2) is 8.52. The number of nitrogens with one attached hydrogen (secondary N) is 2. The molecule has 5 heteroatoms. The third-order valence-electron chi connectivity index (χ3n) is 4.71. The number of hydrogen-bond acceptors (Lipinski definition) is 3. The van der Waals surface area contributed by atoms with Crippen LogP contribution in [0.15, 0.2) is 54.6 Å². The first-order chi connectivity index (χ1) is 12.7. The maximum Gasteiger partial charge on any atom is 0.255 e. The lowest BCUT2D eigenvalue weighted by atomic mass is 9.95. The zero-order chi connectivity index (χ0) is 18.4. The number of para-hydroxylation sites is 2. The van der Waals surface area contributed by atoms with Crippen LogP contribution < -0.4 is 10.6 Å². The highest BCUT2D eigenvalue weighted by molar-refractivity contribution is 6.00. The van der Waals surface area contributed by atoms with Crippen molar-refractivity contribution in [1.29, 1.82) is 0 Å². The zero-order valence-electron chi connectivity index (χ0n) is 15.1. The predicted molar refractivity (Wildman–Crippen MR) is 103 cm³/mol. The maximum absolute atomic E-state index is 13.0. The summed E-state index contributed by atoms with van der Waals surface area (Å²) in [6, 6.07) is 17.4. The summed E-state index contributed by atoms with van der Waals surface area (Å²) < 4.78 is 0. The van der Waals surface area contributed by atoms with Crippen molar-refractivity contribution in [3.63, 3.8) is 0 Å². The predicted octanol–water partition coefficient (Wildman–Crippen LogP) is 3.42. The minimum atomic E-state index is 0.0108. The average Bonchev–Trinajstić information content (AvgIpc) is 2.69. The molecule has 2 amide bonds. The van der Waals surface area contributed by atoms with Crippen LogP contribution in [0.3, 0.4) is 0 Å². The van der Waals surface area contributed by atoms with E-state index in [-0.39, 0.29) is 17.7 Å². The molecular weight excluding hydrogens is 326 g/mol. The quantitative estimate of drug-likeness (QED) is 0.868. The highest BCUT2D eigenvalue weighted by Gasteiger charge is 2.28. The van der Waals surface area contributed by atoms with E-state index in [0.29, 0.717) is 38.0 Å². The van der Waals surface area contributed by atoms with E-state index in [1.807, 2.05) is 66.4 Å². The van der Waals surface area contributed by atoms with Crippen molar-refractivity contribution in [3.8, 4) is 0 Å². The van der Waals surface area contributed by atoms with E-state index in [2.05, 4.69) is 10.6 Å². The molecular formula is C21H25N3O2. The number of amides is 2. The molecule has 0 saturated carbocycles. The number of hydrogen-bond donors (Lipinski definition) is 2. The molecule has 2 aromatic rings. The Labute approximate surface area is 154 Å². The van der Waals surface area contributed by atoms with Crippen LogP contribution in [0, 0.1) is 5.92 Å². The molecule has 0 spiro atoms. The second-order valence-corrected chi connectivity index (χ2v) is 6.50. The first-order valence-electron chi connectivity index (χ1n) is 9.17. The van der Waals surface area contributed by atoms with Crippen LogP contribution in [0.5, 0.6) is 0 Å². The minimum Gasteiger partial charge on any atom is -0.356 e. The van der Waals surface area contributed by atoms with Crippen molar-refractivity contribution in [2.75, 3.05) is 25.0 Å². The number of benzene rings is 2. The smallest absolute Gasteiger partial charge is 0.255 e. The molecule has 0 bridgehead atoms. The average molecular weight is 351 g/mol. The third-order valence-corrected chi connectivity index (χ3v) is 4.71. The molecule has 1 aliphatic rings. The van der Waals surface area contributed by atoms with Crippen LogP contribution in [-0.2, 0) is 4.79 Å². The van der Waals surface area contributed by atoms with Crippen molar-refractivity contribution in [3.05, 3.63) is 60.2 Å². The number of piperidine rings is 1.